The molecule has 0 fully saturated rings. The topological polar surface area (TPSA) is 69.6 Å². The molecular weight excluding hydrogens is 393 g/mol. The standard InChI is InChI=1S/C19H21F3N2O3S/c1-13-11-15(7-8-16(13)23-12-18(2,25)19(20,21)22)28(26,27)24-10-9-14-5-3-4-6-17(14)24/h3-8,11,23,25H,9-10,12H2,1-2H3. The SMILES string of the molecule is Cc1cc(S(=O)(=O)N2CCc3ccccc32)ccc1NCC(C)(O)C(F)(F)F. The van der Waals surface area contributed by atoms with Crippen LogP contribution < -0.4 is 9.62 Å². The number of rotatable bonds is 5. The Bertz CT molecular complexity index is 988. The zero-order valence-electron chi connectivity index (χ0n) is 15.4. The van der Waals surface area contributed by atoms with Gasteiger partial charge in [-0.2, -0.15) is 13.2 Å². The van der Waals surface area contributed by atoms with Gasteiger partial charge in [-0.05, 0) is 55.7 Å². The van der Waals surface area contributed by atoms with Crippen molar-refractivity contribution >= 4 is 21.4 Å². The molecule has 1 aliphatic rings. The smallest absolute Gasteiger partial charge is 0.382 e. The van der Waals surface area contributed by atoms with Crippen LogP contribution in [0.2, 0.25) is 0 Å². The van der Waals surface area contributed by atoms with E-state index in [0.717, 1.165) is 5.56 Å². The molecule has 2 N–H and O–H groups in total. The lowest BCUT2D eigenvalue weighted by Gasteiger charge is -2.27. The van der Waals surface area contributed by atoms with Gasteiger partial charge in [-0.3, -0.25) is 4.31 Å². The Balaban J connectivity index is 1.83. The van der Waals surface area contributed by atoms with Crippen molar-refractivity contribution in [3.63, 3.8) is 0 Å². The normalized spacial score (nSPS) is 16.6. The van der Waals surface area contributed by atoms with Crippen LogP contribution >= 0.6 is 0 Å². The molecule has 152 valence electrons. The quantitative estimate of drug-likeness (QED) is 0.786. The Labute approximate surface area is 161 Å². The predicted octanol–water partition coefficient (Wildman–Crippen LogP) is 3.47. The average Bonchev–Trinajstić information content (AvgIpc) is 3.04. The molecule has 3 rings (SSSR count). The van der Waals surface area contributed by atoms with Crippen molar-refractivity contribution in [2.24, 2.45) is 0 Å². The summed E-state index contributed by atoms with van der Waals surface area (Å²) in [5, 5.41) is 12.1. The molecule has 2 aromatic carbocycles. The molecule has 0 saturated carbocycles. The number of aliphatic hydroxyl groups is 1. The molecule has 0 aliphatic carbocycles. The maximum Gasteiger partial charge on any atom is 0.418 e. The molecule has 9 heteroatoms. The van der Waals surface area contributed by atoms with Gasteiger partial charge in [0.15, 0.2) is 5.60 Å². The largest absolute Gasteiger partial charge is 0.418 e. The molecule has 1 heterocycles. The Morgan fingerprint density at radius 2 is 1.86 bits per heavy atom. The monoisotopic (exact) mass is 414 g/mol. The third-order valence-electron chi connectivity index (χ3n) is 4.86. The summed E-state index contributed by atoms with van der Waals surface area (Å²) in [6.45, 7) is 1.87. The van der Waals surface area contributed by atoms with E-state index in [0.29, 0.717) is 36.8 Å². The third kappa shape index (κ3) is 3.68. The van der Waals surface area contributed by atoms with E-state index in [4.69, 9.17) is 0 Å². The van der Waals surface area contributed by atoms with Crippen LogP contribution in [0.3, 0.4) is 0 Å². The second kappa shape index (κ2) is 6.97. The van der Waals surface area contributed by atoms with Gasteiger partial charge in [-0.15, -0.1) is 0 Å². The van der Waals surface area contributed by atoms with Gasteiger partial charge in [-0.25, -0.2) is 8.42 Å². The van der Waals surface area contributed by atoms with Crippen LogP contribution in [0.15, 0.2) is 47.4 Å². The number of benzene rings is 2. The zero-order chi connectivity index (χ0) is 20.7. The summed E-state index contributed by atoms with van der Waals surface area (Å²) in [6.07, 6.45) is -4.15. The number of hydrogen-bond donors (Lipinski definition) is 2. The van der Waals surface area contributed by atoms with Crippen LogP contribution in [0.4, 0.5) is 24.5 Å². The molecule has 0 saturated heterocycles. The van der Waals surface area contributed by atoms with Gasteiger partial charge in [0.1, 0.15) is 0 Å². The first-order valence-electron chi connectivity index (χ1n) is 8.68. The minimum absolute atomic E-state index is 0.0647. The van der Waals surface area contributed by atoms with Gasteiger partial charge >= 0.3 is 6.18 Å². The Morgan fingerprint density at radius 1 is 1.18 bits per heavy atom. The van der Waals surface area contributed by atoms with Gasteiger partial charge in [0.25, 0.3) is 10.0 Å². The maximum atomic E-state index is 13.0. The van der Waals surface area contributed by atoms with Crippen LogP contribution in [0.25, 0.3) is 0 Å². The molecular formula is C19H21F3N2O3S. The fourth-order valence-corrected chi connectivity index (χ4v) is 4.64. The number of hydrogen-bond acceptors (Lipinski definition) is 4. The van der Waals surface area contributed by atoms with Gasteiger partial charge in [0.2, 0.25) is 0 Å². The summed E-state index contributed by atoms with van der Waals surface area (Å²) in [7, 11) is -3.78. The zero-order valence-corrected chi connectivity index (χ0v) is 16.2. The highest BCUT2D eigenvalue weighted by Gasteiger charge is 2.49. The van der Waals surface area contributed by atoms with Crippen LogP contribution in [-0.4, -0.2) is 38.4 Å². The lowest BCUT2D eigenvalue weighted by Crippen LogP contribution is -2.47. The van der Waals surface area contributed by atoms with Crippen molar-refractivity contribution in [3.05, 3.63) is 53.6 Å². The second-order valence-corrected chi connectivity index (χ2v) is 8.92. The number of alkyl halides is 3. The summed E-state index contributed by atoms with van der Waals surface area (Å²) in [5.41, 5.74) is -0.514. The maximum absolute atomic E-state index is 13.0. The van der Waals surface area contributed by atoms with Crippen LogP contribution in [0.5, 0.6) is 0 Å². The summed E-state index contributed by atoms with van der Waals surface area (Å²) < 4.78 is 65.7. The van der Waals surface area contributed by atoms with E-state index in [1.807, 2.05) is 12.1 Å². The average molecular weight is 414 g/mol. The molecule has 0 spiro atoms. The lowest BCUT2D eigenvalue weighted by atomic mass is 10.1. The predicted molar refractivity (Wildman–Crippen MR) is 101 cm³/mol. The first kappa shape index (κ1) is 20.5. The molecule has 0 bridgehead atoms. The fourth-order valence-electron chi connectivity index (χ4n) is 3.05. The number of halogens is 3. The Hall–Kier alpha value is -2.26. The Morgan fingerprint density at radius 3 is 2.50 bits per heavy atom. The molecule has 0 radical (unpaired) electrons. The fraction of sp³-hybridized carbons (Fsp3) is 0.368. The van der Waals surface area contributed by atoms with Crippen molar-refractivity contribution in [2.75, 3.05) is 22.7 Å². The van der Waals surface area contributed by atoms with E-state index >= 15 is 0 Å². The second-order valence-electron chi connectivity index (χ2n) is 7.06. The summed E-state index contributed by atoms with van der Waals surface area (Å²) in [4.78, 5) is 0.0647. The van der Waals surface area contributed by atoms with Crippen molar-refractivity contribution in [1.29, 1.82) is 0 Å². The molecule has 28 heavy (non-hydrogen) atoms. The molecule has 0 amide bonds. The number of nitrogens with zero attached hydrogens (tertiary/aromatic N) is 1. The highest BCUT2D eigenvalue weighted by atomic mass is 32.2. The van der Waals surface area contributed by atoms with E-state index < -0.39 is 28.3 Å². The van der Waals surface area contributed by atoms with Crippen LogP contribution in [0, 0.1) is 6.92 Å². The summed E-state index contributed by atoms with van der Waals surface area (Å²) >= 11 is 0. The van der Waals surface area contributed by atoms with Crippen molar-refractivity contribution < 1.29 is 26.7 Å². The first-order chi connectivity index (χ1) is 12.9. The summed E-state index contributed by atoms with van der Waals surface area (Å²) in [5.74, 6) is 0. The molecule has 2 aromatic rings. The van der Waals surface area contributed by atoms with Gasteiger partial charge in [0.05, 0.1) is 17.1 Å². The highest BCUT2D eigenvalue weighted by Crippen LogP contribution is 2.34. The molecule has 1 atom stereocenters. The van der Waals surface area contributed by atoms with Gasteiger partial charge < -0.3 is 10.4 Å². The molecule has 1 aliphatic heterocycles. The van der Waals surface area contributed by atoms with Crippen molar-refractivity contribution in [2.45, 2.75) is 36.9 Å². The molecule has 5 nitrogen and oxygen atoms in total. The van der Waals surface area contributed by atoms with E-state index in [1.54, 1.807) is 19.1 Å². The molecule has 0 aromatic heterocycles. The van der Waals surface area contributed by atoms with Crippen LogP contribution in [0.1, 0.15) is 18.1 Å². The van der Waals surface area contributed by atoms with Crippen LogP contribution in [-0.2, 0) is 16.4 Å². The number of nitrogens with one attached hydrogen (secondary N) is 1. The Kier molecular flexibility index (Phi) is 5.09. The van der Waals surface area contributed by atoms with E-state index in [2.05, 4.69) is 5.32 Å². The number of sulfonamides is 1. The van der Waals surface area contributed by atoms with Gasteiger partial charge in [0, 0.05) is 12.2 Å². The van der Waals surface area contributed by atoms with E-state index in [-0.39, 0.29) is 4.90 Å². The minimum Gasteiger partial charge on any atom is -0.382 e. The highest BCUT2D eigenvalue weighted by molar-refractivity contribution is 7.92. The lowest BCUT2D eigenvalue weighted by molar-refractivity contribution is -0.246. The minimum atomic E-state index is -4.78. The van der Waals surface area contributed by atoms with Gasteiger partial charge in [-0.1, -0.05) is 18.2 Å². The third-order valence-corrected chi connectivity index (χ3v) is 6.67. The number of fused-ring (bicyclic) bond motifs is 1. The van der Waals surface area contributed by atoms with Crippen molar-refractivity contribution in [1.82, 2.24) is 0 Å². The number of aryl methyl sites for hydroxylation is 1. The summed E-state index contributed by atoms with van der Waals surface area (Å²) in [6, 6.07) is 11.5. The first-order valence-corrected chi connectivity index (χ1v) is 10.1. The van der Waals surface area contributed by atoms with E-state index in [9.17, 15) is 26.7 Å². The number of anilines is 2. The molecule has 1 unspecified atom stereocenters. The van der Waals surface area contributed by atoms with E-state index in [1.165, 1.54) is 22.5 Å². The van der Waals surface area contributed by atoms with Crippen molar-refractivity contribution in [3.8, 4) is 0 Å². The number of para-hydroxylation sites is 1.